The second-order valence-corrected chi connectivity index (χ2v) is 5.12. The molecule has 1 fully saturated rings. The van der Waals surface area contributed by atoms with E-state index in [-0.39, 0.29) is 17.8 Å². The summed E-state index contributed by atoms with van der Waals surface area (Å²) >= 11 is 0. The van der Waals surface area contributed by atoms with Crippen LogP contribution in [0.15, 0.2) is 24.3 Å². The summed E-state index contributed by atoms with van der Waals surface area (Å²) in [6, 6.07) is 7.32. The van der Waals surface area contributed by atoms with E-state index in [1.165, 1.54) is 7.11 Å². The first-order valence-electron chi connectivity index (χ1n) is 6.80. The molecule has 1 aromatic carbocycles. The van der Waals surface area contributed by atoms with E-state index in [1.54, 1.807) is 17.0 Å². The van der Waals surface area contributed by atoms with Crippen LogP contribution in [0.3, 0.4) is 0 Å². The number of nitrogen functional groups attached to an aromatic ring is 1. The normalized spacial score (nSPS) is 18.6. The molecule has 0 radical (unpaired) electrons. The SMILES string of the molecule is COC(=O)C1CCCN(C(=O)Cc2cccc(N)c2)C1. The second-order valence-electron chi connectivity index (χ2n) is 5.12. The van der Waals surface area contributed by atoms with E-state index in [1.807, 2.05) is 12.1 Å². The molecule has 20 heavy (non-hydrogen) atoms. The quantitative estimate of drug-likeness (QED) is 0.665. The molecule has 1 saturated heterocycles. The molecular weight excluding hydrogens is 256 g/mol. The molecule has 1 aliphatic heterocycles. The van der Waals surface area contributed by atoms with Gasteiger partial charge in [-0.05, 0) is 30.5 Å². The molecular formula is C15H20N2O3. The van der Waals surface area contributed by atoms with Crippen molar-refractivity contribution < 1.29 is 14.3 Å². The second kappa shape index (κ2) is 6.41. The van der Waals surface area contributed by atoms with Gasteiger partial charge in [-0.25, -0.2) is 0 Å². The Morgan fingerprint density at radius 1 is 1.45 bits per heavy atom. The Kier molecular flexibility index (Phi) is 4.61. The van der Waals surface area contributed by atoms with Crippen molar-refractivity contribution in [1.29, 1.82) is 0 Å². The van der Waals surface area contributed by atoms with Gasteiger partial charge in [-0.15, -0.1) is 0 Å². The minimum absolute atomic E-state index is 0.0317. The van der Waals surface area contributed by atoms with Crippen molar-refractivity contribution in [3.05, 3.63) is 29.8 Å². The van der Waals surface area contributed by atoms with E-state index in [2.05, 4.69) is 0 Å². The summed E-state index contributed by atoms with van der Waals surface area (Å²) in [4.78, 5) is 25.6. The van der Waals surface area contributed by atoms with Crippen LogP contribution in [0.2, 0.25) is 0 Å². The number of benzene rings is 1. The number of esters is 1. The standard InChI is InChI=1S/C15H20N2O3/c1-20-15(19)12-5-3-7-17(10-12)14(18)9-11-4-2-6-13(16)8-11/h2,4,6,8,12H,3,5,7,9-10,16H2,1H3. The van der Waals surface area contributed by atoms with Crippen LogP contribution in [0.5, 0.6) is 0 Å². The first-order chi connectivity index (χ1) is 9.60. The van der Waals surface area contributed by atoms with Gasteiger partial charge in [-0.2, -0.15) is 0 Å². The predicted octanol–water partition coefficient (Wildman–Crippen LogP) is 1.22. The molecule has 5 heteroatoms. The minimum atomic E-state index is -0.230. The summed E-state index contributed by atoms with van der Waals surface area (Å²) in [5.74, 6) is -0.394. The number of nitrogens with two attached hydrogens (primary N) is 1. The van der Waals surface area contributed by atoms with Crippen LogP contribution in [0.1, 0.15) is 18.4 Å². The molecule has 1 aliphatic rings. The molecule has 2 N–H and O–H groups in total. The van der Waals surface area contributed by atoms with Crippen LogP contribution in [0.4, 0.5) is 5.69 Å². The third kappa shape index (κ3) is 3.50. The number of hydrogen-bond donors (Lipinski definition) is 1. The van der Waals surface area contributed by atoms with Crippen molar-refractivity contribution in [2.75, 3.05) is 25.9 Å². The van der Waals surface area contributed by atoms with Gasteiger partial charge < -0.3 is 15.4 Å². The average Bonchev–Trinajstić information content (AvgIpc) is 2.46. The number of piperidine rings is 1. The summed E-state index contributed by atoms with van der Waals surface area (Å²) in [6.07, 6.45) is 1.94. The molecule has 1 unspecified atom stereocenters. The molecule has 1 atom stereocenters. The highest BCUT2D eigenvalue weighted by Crippen LogP contribution is 2.19. The van der Waals surface area contributed by atoms with Gasteiger partial charge in [-0.1, -0.05) is 12.1 Å². The molecule has 0 saturated carbocycles. The third-order valence-electron chi connectivity index (χ3n) is 3.62. The Hall–Kier alpha value is -2.04. The minimum Gasteiger partial charge on any atom is -0.469 e. The first kappa shape index (κ1) is 14.4. The number of carbonyl (C=O) groups excluding carboxylic acids is 2. The highest BCUT2D eigenvalue weighted by Gasteiger charge is 2.28. The zero-order chi connectivity index (χ0) is 14.5. The van der Waals surface area contributed by atoms with Gasteiger partial charge in [-0.3, -0.25) is 9.59 Å². The Labute approximate surface area is 118 Å². The van der Waals surface area contributed by atoms with Crippen molar-refractivity contribution in [3.63, 3.8) is 0 Å². The number of anilines is 1. The van der Waals surface area contributed by atoms with E-state index < -0.39 is 0 Å². The molecule has 1 heterocycles. The zero-order valence-corrected chi connectivity index (χ0v) is 11.7. The molecule has 0 bridgehead atoms. The molecule has 0 aliphatic carbocycles. The van der Waals surface area contributed by atoms with Gasteiger partial charge in [0.2, 0.25) is 5.91 Å². The number of amides is 1. The van der Waals surface area contributed by atoms with Crippen LogP contribution >= 0.6 is 0 Å². The molecule has 2 rings (SSSR count). The van der Waals surface area contributed by atoms with Crippen LogP contribution in [-0.4, -0.2) is 37.0 Å². The lowest BCUT2D eigenvalue weighted by atomic mass is 9.97. The predicted molar refractivity (Wildman–Crippen MR) is 75.9 cm³/mol. The van der Waals surface area contributed by atoms with Crippen molar-refractivity contribution in [2.24, 2.45) is 5.92 Å². The number of likely N-dealkylation sites (tertiary alicyclic amines) is 1. The lowest BCUT2D eigenvalue weighted by molar-refractivity contribution is -0.148. The van der Waals surface area contributed by atoms with Gasteiger partial charge in [0, 0.05) is 18.8 Å². The molecule has 0 aromatic heterocycles. The summed E-state index contributed by atoms with van der Waals surface area (Å²) < 4.78 is 4.76. The topological polar surface area (TPSA) is 72.6 Å². The third-order valence-corrected chi connectivity index (χ3v) is 3.62. The maximum atomic E-state index is 12.3. The van der Waals surface area contributed by atoms with E-state index in [0.29, 0.717) is 25.2 Å². The van der Waals surface area contributed by atoms with Crippen molar-refractivity contribution >= 4 is 17.6 Å². The Morgan fingerprint density at radius 3 is 2.95 bits per heavy atom. The highest BCUT2D eigenvalue weighted by atomic mass is 16.5. The summed E-state index contributed by atoms with van der Waals surface area (Å²) in [7, 11) is 1.38. The number of hydrogen-bond acceptors (Lipinski definition) is 4. The lowest BCUT2D eigenvalue weighted by Gasteiger charge is -2.31. The Bertz CT molecular complexity index is 502. The largest absolute Gasteiger partial charge is 0.469 e. The van der Waals surface area contributed by atoms with Crippen LogP contribution in [0.25, 0.3) is 0 Å². The highest BCUT2D eigenvalue weighted by molar-refractivity contribution is 5.80. The monoisotopic (exact) mass is 276 g/mol. The van der Waals surface area contributed by atoms with Crippen molar-refractivity contribution in [3.8, 4) is 0 Å². The molecule has 1 amide bonds. The van der Waals surface area contributed by atoms with Crippen molar-refractivity contribution in [2.45, 2.75) is 19.3 Å². The van der Waals surface area contributed by atoms with Gasteiger partial charge in [0.15, 0.2) is 0 Å². The van der Waals surface area contributed by atoms with Crippen LogP contribution in [-0.2, 0) is 20.7 Å². The molecule has 108 valence electrons. The maximum Gasteiger partial charge on any atom is 0.310 e. The van der Waals surface area contributed by atoms with Gasteiger partial charge in [0.1, 0.15) is 0 Å². The first-order valence-corrected chi connectivity index (χ1v) is 6.80. The van der Waals surface area contributed by atoms with E-state index in [9.17, 15) is 9.59 Å². The van der Waals surface area contributed by atoms with E-state index in [4.69, 9.17) is 10.5 Å². The number of carbonyl (C=O) groups is 2. The molecule has 1 aromatic rings. The molecule has 5 nitrogen and oxygen atoms in total. The number of methoxy groups -OCH3 is 1. The fourth-order valence-electron chi connectivity index (χ4n) is 2.55. The average molecular weight is 276 g/mol. The van der Waals surface area contributed by atoms with Gasteiger partial charge in [0.05, 0.1) is 19.4 Å². The van der Waals surface area contributed by atoms with E-state index in [0.717, 1.165) is 18.4 Å². The van der Waals surface area contributed by atoms with Crippen LogP contribution < -0.4 is 5.73 Å². The Balaban J connectivity index is 1.97. The van der Waals surface area contributed by atoms with Gasteiger partial charge in [0.25, 0.3) is 0 Å². The number of rotatable bonds is 3. The van der Waals surface area contributed by atoms with Crippen LogP contribution in [0, 0.1) is 5.92 Å². The number of nitrogens with zero attached hydrogens (tertiary/aromatic N) is 1. The van der Waals surface area contributed by atoms with Gasteiger partial charge >= 0.3 is 5.97 Å². The maximum absolute atomic E-state index is 12.3. The van der Waals surface area contributed by atoms with E-state index >= 15 is 0 Å². The smallest absolute Gasteiger partial charge is 0.310 e. The summed E-state index contributed by atoms with van der Waals surface area (Å²) in [6.45, 7) is 1.16. The van der Waals surface area contributed by atoms with Crippen molar-refractivity contribution in [1.82, 2.24) is 4.90 Å². The Morgan fingerprint density at radius 2 is 2.25 bits per heavy atom. The fourth-order valence-corrected chi connectivity index (χ4v) is 2.55. The summed E-state index contributed by atoms with van der Waals surface area (Å²) in [5.41, 5.74) is 7.26. The zero-order valence-electron chi connectivity index (χ0n) is 11.7. The summed E-state index contributed by atoms with van der Waals surface area (Å²) in [5, 5.41) is 0. The fraction of sp³-hybridized carbons (Fsp3) is 0.467. The number of ether oxygens (including phenoxy) is 1. The lowest BCUT2D eigenvalue weighted by Crippen LogP contribution is -2.43. The molecule has 0 spiro atoms.